The van der Waals surface area contributed by atoms with Crippen LogP contribution in [0.25, 0.3) is 0 Å². The predicted molar refractivity (Wildman–Crippen MR) is 126 cm³/mol. The molecule has 4 rings (SSSR count). The van der Waals surface area contributed by atoms with Crippen molar-refractivity contribution in [3.8, 4) is 5.75 Å². The lowest BCUT2D eigenvalue weighted by Gasteiger charge is -2.34. The van der Waals surface area contributed by atoms with Crippen molar-refractivity contribution in [2.75, 3.05) is 43.5 Å². The van der Waals surface area contributed by atoms with Crippen molar-refractivity contribution in [1.29, 1.82) is 0 Å². The molecule has 0 atom stereocenters. The van der Waals surface area contributed by atoms with Crippen LogP contribution in [0, 0.1) is 18.6 Å². The third-order valence-corrected chi connectivity index (χ3v) is 7.29. The van der Waals surface area contributed by atoms with Gasteiger partial charge in [-0.15, -0.1) is 0 Å². The van der Waals surface area contributed by atoms with Crippen LogP contribution >= 0.6 is 0 Å². The summed E-state index contributed by atoms with van der Waals surface area (Å²) >= 11 is 0. The minimum absolute atomic E-state index is 0.182. The Balaban J connectivity index is 1.42. The number of nitrogens with one attached hydrogen (secondary N) is 1. The first kappa shape index (κ1) is 23.8. The Morgan fingerprint density at radius 2 is 1.71 bits per heavy atom. The molecule has 1 aromatic heterocycles. The number of hydrogen-bond donors (Lipinski definition) is 1. The molecule has 2 heterocycles. The summed E-state index contributed by atoms with van der Waals surface area (Å²) in [5, 5.41) is 3.24. The van der Waals surface area contributed by atoms with Gasteiger partial charge in [-0.3, -0.25) is 0 Å². The third-order valence-electron chi connectivity index (χ3n) is 5.47. The normalized spacial score (nSPS) is 14.8. The van der Waals surface area contributed by atoms with Gasteiger partial charge in [0.25, 0.3) is 0 Å². The number of rotatable bonds is 7. The Bertz CT molecular complexity index is 1260. The molecule has 34 heavy (non-hydrogen) atoms. The van der Waals surface area contributed by atoms with Crippen molar-refractivity contribution in [2.45, 2.75) is 12.7 Å². The van der Waals surface area contributed by atoms with Gasteiger partial charge in [0.1, 0.15) is 23.2 Å². The average molecular weight is 490 g/mol. The molecule has 0 aliphatic carbocycles. The maximum absolute atomic E-state index is 13.9. The van der Waals surface area contributed by atoms with E-state index in [1.807, 2.05) is 42.2 Å². The largest absolute Gasteiger partial charge is 0.497 e. The van der Waals surface area contributed by atoms with Crippen LogP contribution in [0.3, 0.4) is 0 Å². The van der Waals surface area contributed by atoms with Crippen molar-refractivity contribution in [3.63, 3.8) is 0 Å². The van der Waals surface area contributed by atoms with Crippen LogP contribution < -0.4 is 15.0 Å². The number of nitrogens with zero attached hydrogens (tertiary/aromatic N) is 4. The lowest BCUT2D eigenvalue weighted by molar-refractivity contribution is 0.381. The molecular formula is C23H25F2N5O3S. The van der Waals surface area contributed by atoms with Crippen LogP contribution in [0.2, 0.25) is 0 Å². The molecule has 0 saturated carbocycles. The molecule has 0 unspecified atom stereocenters. The third kappa shape index (κ3) is 5.60. The SMILES string of the molecule is COc1ccc(Nc2cc(C)nc(N3CCN(S(=O)(=O)Cc4cc(F)ccc4F)CC3)n2)cc1. The molecule has 0 bridgehead atoms. The number of ether oxygens (including phenoxy) is 1. The van der Waals surface area contributed by atoms with Gasteiger partial charge in [0, 0.05) is 49.2 Å². The van der Waals surface area contributed by atoms with E-state index < -0.39 is 27.4 Å². The first-order valence-corrected chi connectivity index (χ1v) is 12.3. The number of benzene rings is 2. The summed E-state index contributed by atoms with van der Waals surface area (Å²) in [5.41, 5.74) is 1.42. The quantitative estimate of drug-likeness (QED) is 0.544. The van der Waals surface area contributed by atoms with E-state index in [1.165, 1.54) is 4.31 Å². The molecule has 0 amide bonds. The van der Waals surface area contributed by atoms with Crippen LogP contribution in [0.5, 0.6) is 5.75 Å². The van der Waals surface area contributed by atoms with E-state index in [-0.39, 0.29) is 18.7 Å². The number of hydrogen-bond acceptors (Lipinski definition) is 7. The number of sulfonamides is 1. The molecule has 0 spiro atoms. The highest BCUT2D eigenvalue weighted by Gasteiger charge is 2.29. The molecule has 1 aliphatic heterocycles. The van der Waals surface area contributed by atoms with E-state index >= 15 is 0 Å². The minimum atomic E-state index is -3.81. The van der Waals surface area contributed by atoms with Crippen LogP contribution in [-0.4, -0.2) is 56.0 Å². The zero-order valence-corrected chi connectivity index (χ0v) is 19.6. The summed E-state index contributed by atoms with van der Waals surface area (Å²) in [4.78, 5) is 11.0. The highest BCUT2D eigenvalue weighted by atomic mass is 32.2. The second-order valence-corrected chi connectivity index (χ2v) is 9.90. The summed E-state index contributed by atoms with van der Waals surface area (Å²) < 4.78 is 59.4. The predicted octanol–water partition coefficient (Wildman–Crippen LogP) is 3.47. The van der Waals surface area contributed by atoms with Gasteiger partial charge in [-0.1, -0.05) is 0 Å². The first-order valence-electron chi connectivity index (χ1n) is 10.7. The number of halogens is 2. The molecule has 3 aromatic rings. The van der Waals surface area contributed by atoms with Crippen molar-refractivity contribution in [1.82, 2.24) is 14.3 Å². The van der Waals surface area contributed by atoms with E-state index in [4.69, 9.17) is 4.74 Å². The van der Waals surface area contributed by atoms with Gasteiger partial charge in [-0.05, 0) is 49.4 Å². The lowest BCUT2D eigenvalue weighted by Crippen LogP contribution is -2.49. The van der Waals surface area contributed by atoms with Crippen LogP contribution in [-0.2, 0) is 15.8 Å². The Kier molecular flexibility index (Phi) is 6.94. The molecule has 180 valence electrons. The van der Waals surface area contributed by atoms with Crippen molar-refractivity contribution in [3.05, 3.63) is 71.4 Å². The summed E-state index contributed by atoms with van der Waals surface area (Å²) in [5.74, 6) is -0.152. The zero-order chi connectivity index (χ0) is 24.3. The van der Waals surface area contributed by atoms with Crippen molar-refractivity contribution in [2.24, 2.45) is 0 Å². The molecule has 2 aromatic carbocycles. The standard InChI is InChI=1S/C23H25F2N5O3S/c1-16-13-22(27-19-4-6-20(33-2)7-5-19)28-23(26-16)29-9-11-30(12-10-29)34(31,32)15-17-14-18(24)3-8-21(17)25/h3-8,13-14H,9-12,15H2,1-2H3,(H,26,27,28). The fourth-order valence-electron chi connectivity index (χ4n) is 3.69. The monoisotopic (exact) mass is 489 g/mol. The molecular weight excluding hydrogens is 464 g/mol. The van der Waals surface area contributed by atoms with Crippen molar-refractivity contribution >= 4 is 27.5 Å². The first-order chi connectivity index (χ1) is 16.2. The van der Waals surface area contributed by atoms with Crippen LogP contribution in [0.4, 0.5) is 26.2 Å². The number of methoxy groups -OCH3 is 1. The zero-order valence-electron chi connectivity index (χ0n) is 18.8. The Hall–Kier alpha value is -3.31. The Labute approximate surface area is 197 Å². The molecule has 11 heteroatoms. The van der Waals surface area contributed by atoms with Gasteiger partial charge in [0.05, 0.1) is 12.9 Å². The summed E-state index contributed by atoms with van der Waals surface area (Å²) in [6.45, 7) is 2.99. The highest BCUT2D eigenvalue weighted by Crippen LogP contribution is 2.23. The maximum Gasteiger partial charge on any atom is 0.227 e. The molecule has 1 fully saturated rings. The molecule has 0 radical (unpaired) electrons. The van der Waals surface area contributed by atoms with E-state index in [9.17, 15) is 17.2 Å². The number of aryl methyl sites for hydroxylation is 1. The lowest BCUT2D eigenvalue weighted by atomic mass is 10.2. The smallest absolute Gasteiger partial charge is 0.227 e. The molecule has 8 nitrogen and oxygen atoms in total. The number of piperazine rings is 1. The molecule has 1 aliphatic rings. The fraction of sp³-hybridized carbons (Fsp3) is 0.304. The second-order valence-electron chi connectivity index (χ2n) is 7.93. The average Bonchev–Trinajstić information content (AvgIpc) is 2.81. The Morgan fingerprint density at radius 1 is 1.00 bits per heavy atom. The summed E-state index contributed by atoms with van der Waals surface area (Å²) in [6, 6.07) is 12.1. The topological polar surface area (TPSA) is 87.7 Å². The summed E-state index contributed by atoms with van der Waals surface area (Å²) in [7, 11) is -2.20. The van der Waals surface area contributed by atoms with Gasteiger partial charge in [-0.2, -0.15) is 9.29 Å². The molecule has 1 N–H and O–H groups in total. The second kappa shape index (κ2) is 9.90. The van der Waals surface area contributed by atoms with E-state index in [0.717, 1.165) is 35.3 Å². The van der Waals surface area contributed by atoms with Gasteiger partial charge in [0.15, 0.2) is 0 Å². The highest BCUT2D eigenvalue weighted by molar-refractivity contribution is 7.88. The van der Waals surface area contributed by atoms with E-state index in [0.29, 0.717) is 24.9 Å². The van der Waals surface area contributed by atoms with Crippen molar-refractivity contribution < 1.29 is 21.9 Å². The minimum Gasteiger partial charge on any atom is -0.497 e. The van der Waals surface area contributed by atoms with Gasteiger partial charge < -0.3 is 15.0 Å². The maximum atomic E-state index is 13.9. The summed E-state index contributed by atoms with van der Waals surface area (Å²) in [6.07, 6.45) is 0. The van der Waals surface area contributed by atoms with E-state index in [2.05, 4.69) is 15.3 Å². The van der Waals surface area contributed by atoms with Crippen LogP contribution in [0.1, 0.15) is 11.3 Å². The van der Waals surface area contributed by atoms with Gasteiger partial charge in [-0.25, -0.2) is 22.2 Å². The van der Waals surface area contributed by atoms with E-state index in [1.54, 1.807) is 7.11 Å². The fourth-order valence-corrected chi connectivity index (χ4v) is 5.21. The Morgan fingerprint density at radius 3 is 2.38 bits per heavy atom. The van der Waals surface area contributed by atoms with Gasteiger partial charge >= 0.3 is 0 Å². The number of anilines is 3. The number of aromatic nitrogens is 2. The van der Waals surface area contributed by atoms with Gasteiger partial charge in [0.2, 0.25) is 16.0 Å². The molecule has 1 saturated heterocycles. The van der Waals surface area contributed by atoms with Crippen LogP contribution in [0.15, 0.2) is 48.5 Å².